The van der Waals surface area contributed by atoms with E-state index in [9.17, 15) is 9.18 Å². The summed E-state index contributed by atoms with van der Waals surface area (Å²) < 4.78 is 13.8. The van der Waals surface area contributed by atoms with Gasteiger partial charge in [-0.05, 0) is 43.9 Å². The lowest BCUT2D eigenvalue weighted by Crippen LogP contribution is -2.07. The van der Waals surface area contributed by atoms with Gasteiger partial charge in [-0.1, -0.05) is 11.6 Å². The highest BCUT2D eigenvalue weighted by molar-refractivity contribution is 6.31. The van der Waals surface area contributed by atoms with Crippen molar-refractivity contribution in [3.8, 4) is 0 Å². The van der Waals surface area contributed by atoms with Crippen LogP contribution in [0.5, 0.6) is 0 Å². The van der Waals surface area contributed by atoms with Crippen LogP contribution >= 0.6 is 11.6 Å². The molecule has 0 amide bonds. The van der Waals surface area contributed by atoms with Crippen molar-refractivity contribution in [1.29, 1.82) is 0 Å². The van der Waals surface area contributed by atoms with Crippen molar-refractivity contribution >= 4 is 17.7 Å². The van der Waals surface area contributed by atoms with Crippen LogP contribution in [-0.2, 0) is 10.3 Å². The summed E-state index contributed by atoms with van der Waals surface area (Å²) in [6.07, 6.45) is 3.06. The van der Waals surface area contributed by atoms with Gasteiger partial charge in [-0.15, -0.1) is 0 Å². The molecule has 1 aromatic rings. The number of isocyanates is 1. The van der Waals surface area contributed by atoms with Crippen molar-refractivity contribution in [1.82, 2.24) is 0 Å². The number of halogens is 2. The molecule has 1 fully saturated rings. The molecule has 2 nitrogen and oxygen atoms in total. The Bertz CT molecular complexity index is 502. The SMILES string of the molecule is Cc1c(Cl)cc(C2(N=C=O)CC2)c(C)c1F. The summed E-state index contributed by atoms with van der Waals surface area (Å²) >= 11 is 5.94. The summed E-state index contributed by atoms with van der Waals surface area (Å²) in [5.74, 6) is -0.310. The normalized spacial score (nSPS) is 16.8. The first kappa shape index (κ1) is 11.3. The quantitative estimate of drug-likeness (QED) is 0.574. The van der Waals surface area contributed by atoms with E-state index in [0.29, 0.717) is 21.7 Å². The highest BCUT2D eigenvalue weighted by atomic mass is 35.5. The van der Waals surface area contributed by atoms with E-state index in [0.717, 1.165) is 12.8 Å². The average molecular weight is 240 g/mol. The fourth-order valence-electron chi connectivity index (χ4n) is 1.98. The molecule has 0 aromatic heterocycles. The number of hydrogen-bond donors (Lipinski definition) is 0. The first-order valence-electron chi connectivity index (χ1n) is 5.06. The summed E-state index contributed by atoms with van der Waals surface area (Å²) in [7, 11) is 0. The van der Waals surface area contributed by atoms with Crippen LogP contribution in [0.15, 0.2) is 11.1 Å². The molecule has 16 heavy (non-hydrogen) atoms. The predicted molar refractivity (Wildman–Crippen MR) is 59.9 cm³/mol. The number of benzene rings is 1. The van der Waals surface area contributed by atoms with Gasteiger partial charge in [0.1, 0.15) is 5.82 Å². The minimum atomic E-state index is -0.565. The van der Waals surface area contributed by atoms with Gasteiger partial charge in [0.2, 0.25) is 6.08 Å². The van der Waals surface area contributed by atoms with Crippen molar-refractivity contribution < 1.29 is 9.18 Å². The Morgan fingerprint density at radius 3 is 2.56 bits per heavy atom. The second-order valence-corrected chi connectivity index (χ2v) is 4.61. The highest BCUT2D eigenvalue weighted by Crippen LogP contribution is 2.51. The number of hydrogen-bond acceptors (Lipinski definition) is 2. The van der Waals surface area contributed by atoms with E-state index in [1.807, 2.05) is 0 Å². The molecule has 0 saturated heterocycles. The third-order valence-corrected chi connectivity index (χ3v) is 3.57. The zero-order valence-electron chi connectivity index (χ0n) is 9.10. The summed E-state index contributed by atoms with van der Waals surface area (Å²) in [6.45, 7) is 3.32. The maximum atomic E-state index is 13.8. The first-order chi connectivity index (χ1) is 7.52. The van der Waals surface area contributed by atoms with Crippen LogP contribution in [-0.4, -0.2) is 6.08 Å². The standard InChI is InChI=1S/C12H11ClFNO/c1-7-9(12(3-4-12)15-6-16)5-10(13)8(2)11(7)14/h5H,3-4H2,1-2H3. The molecule has 4 heteroatoms. The zero-order valence-corrected chi connectivity index (χ0v) is 9.86. The summed E-state index contributed by atoms with van der Waals surface area (Å²) in [6, 6.07) is 1.71. The van der Waals surface area contributed by atoms with E-state index in [1.165, 1.54) is 0 Å². The minimum absolute atomic E-state index is 0.310. The molecular weight excluding hydrogens is 229 g/mol. The summed E-state index contributed by atoms with van der Waals surface area (Å²) in [5, 5.41) is 0.380. The topological polar surface area (TPSA) is 29.4 Å². The van der Waals surface area contributed by atoms with Crippen LogP contribution in [0.25, 0.3) is 0 Å². The fourth-order valence-corrected chi connectivity index (χ4v) is 2.17. The van der Waals surface area contributed by atoms with Crippen LogP contribution in [0.2, 0.25) is 5.02 Å². The summed E-state index contributed by atoms with van der Waals surface area (Å²) in [5.41, 5.74) is 1.11. The number of rotatable bonds is 2. The number of nitrogens with zero attached hydrogens (tertiary/aromatic N) is 1. The van der Waals surface area contributed by atoms with Gasteiger partial charge in [0.15, 0.2) is 0 Å². The Balaban J connectivity index is 2.63. The third-order valence-electron chi connectivity index (χ3n) is 3.18. The van der Waals surface area contributed by atoms with E-state index < -0.39 is 5.54 Å². The molecule has 0 atom stereocenters. The van der Waals surface area contributed by atoms with Gasteiger partial charge < -0.3 is 0 Å². The van der Waals surface area contributed by atoms with Crippen LogP contribution in [0.3, 0.4) is 0 Å². The van der Waals surface area contributed by atoms with Crippen LogP contribution in [0.4, 0.5) is 4.39 Å². The average Bonchev–Trinajstić information content (AvgIpc) is 3.02. The lowest BCUT2D eigenvalue weighted by molar-refractivity contribution is 0.554. The van der Waals surface area contributed by atoms with Gasteiger partial charge in [0.25, 0.3) is 0 Å². The molecule has 0 heterocycles. The van der Waals surface area contributed by atoms with Crippen molar-refractivity contribution in [2.45, 2.75) is 32.2 Å². The van der Waals surface area contributed by atoms with Gasteiger partial charge in [-0.25, -0.2) is 9.18 Å². The van der Waals surface area contributed by atoms with Crippen molar-refractivity contribution in [2.24, 2.45) is 4.99 Å². The van der Waals surface area contributed by atoms with E-state index >= 15 is 0 Å². The first-order valence-corrected chi connectivity index (χ1v) is 5.44. The van der Waals surface area contributed by atoms with Gasteiger partial charge in [-0.2, -0.15) is 4.99 Å². The Labute approximate surface area is 98.1 Å². The fraction of sp³-hybridized carbons (Fsp3) is 0.417. The van der Waals surface area contributed by atoms with E-state index in [2.05, 4.69) is 4.99 Å². The van der Waals surface area contributed by atoms with Crippen LogP contribution in [0.1, 0.15) is 29.5 Å². The molecule has 0 aliphatic heterocycles. The highest BCUT2D eigenvalue weighted by Gasteiger charge is 2.46. The molecule has 0 N–H and O–H groups in total. The van der Waals surface area contributed by atoms with E-state index in [-0.39, 0.29) is 5.82 Å². The van der Waals surface area contributed by atoms with Crippen LogP contribution < -0.4 is 0 Å². The summed E-state index contributed by atoms with van der Waals surface area (Å²) in [4.78, 5) is 14.1. The largest absolute Gasteiger partial charge is 0.235 e. The maximum absolute atomic E-state index is 13.8. The lowest BCUT2D eigenvalue weighted by atomic mass is 9.97. The Morgan fingerprint density at radius 2 is 2.06 bits per heavy atom. The molecule has 1 aromatic carbocycles. The van der Waals surface area contributed by atoms with Gasteiger partial charge in [0.05, 0.1) is 5.54 Å². The van der Waals surface area contributed by atoms with Gasteiger partial charge in [-0.3, -0.25) is 0 Å². The molecule has 1 aliphatic rings. The van der Waals surface area contributed by atoms with Crippen molar-refractivity contribution in [3.05, 3.63) is 33.6 Å². The minimum Gasteiger partial charge on any atom is -0.211 e. The van der Waals surface area contributed by atoms with Gasteiger partial charge >= 0.3 is 0 Å². The van der Waals surface area contributed by atoms with E-state index in [1.54, 1.807) is 26.0 Å². The lowest BCUT2D eigenvalue weighted by Gasteiger charge is -2.15. The molecule has 1 aliphatic carbocycles. The Morgan fingerprint density at radius 1 is 1.44 bits per heavy atom. The molecule has 0 unspecified atom stereocenters. The molecular formula is C12H11ClFNO. The molecule has 0 radical (unpaired) electrons. The zero-order chi connectivity index (χ0) is 11.9. The maximum Gasteiger partial charge on any atom is 0.235 e. The second kappa shape index (κ2) is 3.69. The smallest absolute Gasteiger partial charge is 0.211 e. The number of aliphatic imine (C=N–C) groups is 1. The third kappa shape index (κ3) is 1.57. The Hall–Kier alpha value is -1.18. The molecule has 0 bridgehead atoms. The molecule has 0 spiro atoms. The predicted octanol–water partition coefficient (Wildman–Crippen LogP) is 3.42. The number of carbonyl (C=O) groups excluding carboxylic acids is 1. The van der Waals surface area contributed by atoms with Crippen molar-refractivity contribution in [2.75, 3.05) is 0 Å². The van der Waals surface area contributed by atoms with E-state index in [4.69, 9.17) is 11.6 Å². The van der Waals surface area contributed by atoms with Crippen LogP contribution in [0, 0.1) is 19.7 Å². The molecule has 1 saturated carbocycles. The second-order valence-electron chi connectivity index (χ2n) is 4.20. The van der Waals surface area contributed by atoms with Gasteiger partial charge in [0, 0.05) is 10.6 Å². The van der Waals surface area contributed by atoms with Crippen molar-refractivity contribution in [3.63, 3.8) is 0 Å². The molecule has 84 valence electrons. The molecule has 2 rings (SSSR count). The monoisotopic (exact) mass is 239 g/mol. The Kier molecular flexibility index (Phi) is 2.61.